The van der Waals surface area contributed by atoms with Crippen LogP contribution in [0.15, 0.2) is 0 Å². The maximum atomic E-state index is 8.82. The molecule has 1 N–H and O–H groups in total. The van der Waals surface area contributed by atoms with Crippen molar-refractivity contribution < 1.29 is 5.11 Å². The fourth-order valence-electron chi connectivity index (χ4n) is 1.78. The van der Waals surface area contributed by atoms with Gasteiger partial charge in [0.2, 0.25) is 0 Å². The Morgan fingerprint density at radius 3 is 2.67 bits per heavy atom. The first-order chi connectivity index (χ1) is 5.77. The van der Waals surface area contributed by atoms with Crippen LogP contribution in [0.25, 0.3) is 0 Å². The topological polar surface area (TPSA) is 23.5 Å². The second-order valence-corrected chi connectivity index (χ2v) is 3.92. The molecule has 0 amide bonds. The van der Waals surface area contributed by atoms with Gasteiger partial charge in [-0.2, -0.15) is 0 Å². The van der Waals surface area contributed by atoms with Gasteiger partial charge < -0.3 is 10.0 Å². The Bertz CT molecular complexity index is 127. The molecule has 0 aromatic carbocycles. The maximum Gasteiger partial charge on any atom is 0.0434 e. The van der Waals surface area contributed by atoms with E-state index in [0.717, 1.165) is 12.5 Å². The van der Waals surface area contributed by atoms with Gasteiger partial charge in [0.05, 0.1) is 0 Å². The zero-order valence-corrected chi connectivity index (χ0v) is 8.29. The summed E-state index contributed by atoms with van der Waals surface area (Å²) in [6.07, 6.45) is 3.53. The van der Waals surface area contributed by atoms with Gasteiger partial charge in [-0.25, -0.2) is 0 Å². The quantitative estimate of drug-likeness (QED) is 0.677. The summed E-state index contributed by atoms with van der Waals surface area (Å²) in [7, 11) is 0. The Morgan fingerprint density at radius 2 is 2.33 bits per heavy atom. The SMILES string of the molecule is CCC(CCO)CN1CCC1C. The number of rotatable bonds is 5. The van der Waals surface area contributed by atoms with E-state index in [0.29, 0.717) is 12.5 Å². The first-order valence-corrected chi connectivity index (χ1v) is 5.12. The first-order valence-electron chi connectivity index (χ1n) is 5.12. The van der Waals surface area contributed by atoms with Gasteiger partial charge in [0.15, 0.2) is 0 Å². The predicted octanol–water partition coefficient (Wildman–Crippen LogP) is 1.49. The molecular weight excluding hydrogens is 150 g/mol. The van der Waals surface area contributed by atoms with Crippen LogP contribution in [0.4, 0.5) is 0 Å². The van der Waals surface area contributed by atoms with Gasteiger partial charge in [-0.05, 0) is 32.2 Å². The van der Waals surface area contributed by atoms with Gasteiger partial charge in [-0.1, -0.05) is 13.3 Å². The van der Waals surface area contributed by atoms with Gasteiger partial charge in [-0.15, -0.1) is 0 Å². The van der Waals surface area contributed by atoms with Gasteiger partial charge >= 0.3 is 0 Å². The fraction of sp³-hybridized carbons (Fsp3) is 1.00. The minimum Gasteiger partial charge on any atom is -0.396 e. The molecule has 0 bridgehead atoms. The van der Waals surface area contributed by atoms with Crippen molar-refractivity contribution in [3.8, 4) is 0 Å². The van der Waals surface area contributed by atoms with Gasteiger partial charge in [0.1, 0.15) is 0 Å². The molecule has 2 atom stereocenters. The molecule has 0 aliphatic carbocycles. The van der Waals surface area contributed by atoms with Crippen LogP contribution in [0, 0.1) is 5.92 Å². The molecule has 12 heavy (non-hydrogen) atoms. The van der Waals surface area contributed by atoms with Gasteiger partial charge in [0, 0.05) is 19.2 Å². The monoisotopic (exact) mass is 171 g/mol. The lowest BCUT2D eigenvalue weighted by Crippen LogP contribution is -2.47. The molecule has 0 saturated carbocycles. The fourth-order valence-corrected chi connectivity index (χ4v) is 1.78. The average molecular weight is 171 g/mol. The summed E-state index contributed by atoms with van der Waals surface area (Å²) in [5.41, 5.74) is 0. The highest BCUT2D eigenvalue weighted by atomic mass is 16.3. The zero-order valence-electron chi connectivity index (χ0n) is 8.29. The number of hydrogen-bond donors (Lipinski definition) is 1. The van der Waals surface area contributed by atoms with Crippen LogP contribution < -0.4 is 0 Å². The summed E-state index contributed by atoms with van der Waals surface area (Å²) < 4.78 is 0. The van der Waals surface area contributed by atoms with Crippen LogP contribution in [-0.4, -0.2) is 35.7 Å². The van der Waals surface area contributed by atoms with Gasteiger partial charge in [-0.3, -0.25) is 0 Å². The van der Waals surface area contributed by atoms with E-state index in [1.165, 1.54) is 25.9 Å². The lowest BCUT2D eigenvalue weighted by molar-refractivity contribution is 0.0758. The zero-order chi connectivity index (χ0) is 8.97. The van der Waals surface area contributed by atoms with E-state index in [-0.39, 0.29) is 0 Å². The lowest BCUT2D eigenvalue weighted by atomic mass is 9.97. The predicted molar refractivity (Wildman–Crippen MR) is 51.1 cm³/mol. The Kier molecular flexibility index (Phi) is 4.02. The molecule has 2 heteroatoms. The standard InChI is InChI=1S/C10H21NO/c1-3-10(5-7-12)8-11-6-4-9(11)2/h9-10,12H,3-8H2,1-2H3. The number of aliphatic hydroxyl groups excluding tert-OH is 1. The second kappa shape index (κ2) is 4.83. The number of nitrogens with zero attached hydrogens (tertiary/aromatic N) is 1. The molecule has 0 spiro atoms. The molecule has 1 heterocycles. The highest BCUT2D eigenvalue weighted by Gasteiger charge is 2.24. The summed E-state index contributed by atoms with van der Waals surface area (Å²) in [5, 5.41) is 8.82. The molecule has 0 aromatic heterocycles. The van der Waals surface area contributed by atoms with E-state index in [2.05, 4.69) is 18.7 Å². The Balaban J connectivity index is 2.17. The van der Waals surface area contributed by atoms with Crippen LogP contribution in [0.2, 0.25) is 0 Å². The lowest BCUT2D eigenvalue weighted by Gasteiger charge is -2.40. The van der Waals surface area contributed by atoms with Crippen molar-refractivity contribution in [1.29, 1.82) is 0 Å². The Morgan fingerprint density at radius 1 is 1.58 bits per heavy atom. The molecule has 0 radical (unpaired) electrons. The molecule has 1 aliphatic heterocycles. The van der Waals surface area contributed by atoms with Crippen molar-refractivity contribution in [3.05, 3.63) is 0 Å². The third kappa shape index (κ3) is 2.46. The van der Waals surface area contributed by atoms with Crippen LogP contribution >= 0.6 is 0 Å². The number of hydrogen-bond acceptors (Lipinski definition) is 2. The van der Waals surface area contributed by atoms with Crippen molar-refractivity contribution in [2.45, 2.75) is 39.2 Å². The molecule has 1 fully saturated rings. The Labute approximate surface area is 75.6 Å². The summed E-state index contributed by atoms with van der Waals surface area (Å²) in [5.74, 6) is 0.706. The van der Waals surface area contributed by atoms with E-state index in [1.807, 2.05) is 0 Å². The first kappa shape index (κ1) is 10.0. The van der Waals surface area contributed by atoms with Crippen LogP contribution in [0.1, 0.15) is 33.1 Å². The minimum absolute atomic E-state index is 0.348. The molecule has 72 valence electrons. The second-order valence-electron chi connectivity index (χ2n) is 3.92. The minimum atomic E-state index is 0.348. The summed E-state index contributed by atoms with van der Waals surface area (Å²) >= 11 is 0. The van der Waals surface area contributed by atoms with Crippen molar-refractivity contribution in [2.24, 2.45) is 5.92 Å². The largest absolute Gasteiger partial charge is 0.396 e. The van der Waals surface area contributed by atoms with Crippen molar-refractivity contribution in [2.75, 3.05) is 19.7 Å². The van der Waals surface area contributed by atoms with E-state index in [1.54, 1.807) is 0 Å². The van der Waals surface area contributed by atoms with Crippen LogP contribution in [-0.2, 0) is 0 Å². The van der Waals surface area contributed by atoms with E-state index >= 15 is 0 Å². The van der Waals surface area contributed by atoms with E-state index in [9.17, 15) is 0 Å². The highest BCUT2D eigenvalue weighted by Crippen LogP contribution is 2.20. The Hall–Kier alpha value is -0.0800. The van der Waals surface area contributed by atoms with Crippen LogP contribution in [0.5, 0.6) is 0 Å². The maximum absolute atomic E-state index is 8.82. The van der Waals surface area contributed by atoms with Gasteiger partial charge in [0.25, 0.3) is 0 Å². The van der Waals surface area contributed by atoms with Crippen LogP contribution in [0.3, 0.4) is 0 Å². The molecule has 0 aromatic rings. The van der Waals surface area contributed by atoms with Crippen molar-refractivity contribution in [3.63, 3.8) is 0 Å². The molecule has 1 rings (SSSR count). The van der Waals surface area contributed by atoms with Crippen molar-refractivity contribution in [1.82, 2.24) is 4.90 Å². The highest BCUT2D eigenvalue weighted by molar-refractivity contribution is 4.80. The third-order valence-electron chi connectivity index (χ3n) is 3.06. The molecule has 1 aliphatic rings. The smallest absolute Gasteiger partial charge is 0.0434 e. The third-order valence-corrected chi connectivity index (χ3v) is 3.06. The normalized spacial score (nSPS) is 26.8. The van der Waals surface area contributed by atoms with E-state index in [4.69, 9.17) is 5.11 Å². The number of likely N-dealkylation sites (tertiary alicyclic amines) is 1. The summed E-state index contributed by atoms with van der Waals surface area (Å²) in [4.78, 5) is 2.52. The number of aliphatic hydroxyl groups is 1. The molecule has 2 unspecified atom stereocenters. The van der Waals surface area contributed by atoms with E-state index < -0.39 is 0 Å². The van der Waals surface area contributed by atoms with Crippen molar-refractivity contribution >= 4 is 0 Å². The average Bonchev–Trinajstić information content (AvgIpc) is 2.09. The summed E-state index contributed by atoms with van der Waals surface area (Å²) in [6, 6.07) is 0.790. The molecular formula is C10H21NO. The summed E-state index contributed by atoms with van der Waals surface area (Å²) in [6.45, 7) is 7.31. The molecule has 1 saturated heterocycles. The molecule has 2 nitrogen and oxygen atoms in total.